The summed E-state index contributed by atoms with van der Waals surface area (Å²) in [6.45, 7) is 1.57. The average molecular weight is 505 g/mol. The summed E-state index contributed by atoms with van der Waals surface area (Å²) < 4.78 is 13.3. The molecule has 7 nitrogen and oxygen atoms in total. The number of para-hydroxylation sites is 1. The van der Waals surface area contributed by atoms with Gasteiger partial charge in [0, 0.05) is 30.5 Å². The molecule has 1 amide bonds. The van der Waals surface area contributed by atoms with Crippen molar-refractivity contribution in [2.45, 2.75) is 25.6 Å². The van der Waals surface area contributed by atoms with E-state index in [0.717, 1.165) is 35.4 Å². The maximum Gasteiger partial charge on any atom is 0.262 e. The highest BCUT2D eigenvalue weighted by molar-refractivity contribution is 6.02. The first-order chi connectivity index (χ1) is 18.7. The van der Waals surface area contributed by atoms with Crippen molar-refractivity contribution in [2.75, 3.05) is 13.2 Å². The first kappa shape index (κ1) is 25.0. The van der Waals surface area contributed by atoms with Crippen LogP contribution in [0.1, 0.15) is 24.0 Å². The minimum absolute atomic E-state index is 0.00194. The predicted molar refractivity (Wildman–Crippen MR) is 145 cm³/mol. The molecule has 2 heterocycles. The van der Waals surface area contributed by atoms with Crippen LogP contribution in [0.15, 0.2) is 96.7 Å². The highest BCUT2D eigenvalue weighted by Gasteiger charge is 2.19. The molecule has 3 aromatic carbocycles. The third-order valence-corrected chi connectivity index (χ3v) is 6.32. The first-order valence-electron chi connectivity index (χ1n) is 12.6. The molecule has 0 bridgehead atoms. The molecule has 1 N–H and O–H groups in total. The molecule has 1 atom stereocenters. The van der Waals surface area contributed by atoms with E-state index >= 15 is 0 Å². The number of ether oxygens (including phenoxy) is 2. The van der Waals surface area contributed by atoms with Gasteiger partial charge in [0.1, 0.15) is 24.0 Å². The Bertz CT molecular complexity index is 1430. The van der Waals surface area contributed by atoms with Crippen LogP contribution in [-0.2, 0) is 16.1 Å². The molecule has 190 valence electrons. The Labute approximate surface area is 221 Å². The quantitative estimate of drug-likeness (QED) is 0.246. The molecule has 0 spiro atoms. The van der Waals surface area contributed by atoms with Gasteiger partial charge < -0.3 is 14.8 Å². The molecule has 7 heteroatoms. The van der Waals surface area contributed by atoms with Crippen LogP contribution in [0, 0.1) is 11.3 Å². The van der Waals surface area contributed by atoms with Crippen molar-refractivity contribution in [3.05, 3.63) is 108 Å². The number of carbonyl (C=O) groups is 1. The van der Waals surface area contributed by atoms with E-state index < -0.39 is 5.91 Å². The Morgan fingerprint density at radius 2 is 1.82 bits per heavy atom. The van der Waals surface area contributed by atoms with Gasteiger partial charge in [0.15, 0.2) is 0 Å². The Kier molecular flexibility index (Phi) is 7.92. The second-order valence-corrected chi connectivity index (χ2v) is 9.03. The zero-order valence-electron chi connectivity index (χ0n) is 20.9. The van der Waals surface area contributed by atoms with Crippen LogP contribution in [-0.4, -0.2) is 34.9 Å². The molecule has 5 rings (SSSR count). The number of amides is 1. The summed E-state index contributed by atoms with van der Waals surface area (Å²) in [5.74, 6) is 0.314. The fraction of sp³-hybridized carbons (Fsp3) is 0.194. The van der Waals surface area contributed by atoms with E-state index in [1.54, 1.807) is 10.8 Å². The van der Waals surface area contributed by atoms with Crippen LogP contribution in [0.4, 0.5) is 0 Å². The van der Waals surface area contributed by atoms with E-state index in [9.17, 15) is 10.1 Å². The predicted octanol–water partition coefficient (Wildman–Crippen LogP) is 5.32. The van der Waals surface area contributed by atoms with Crippen LogP contribution in [0.3, 0.4) is 0 Å². The van der Waals surface area contributed by atoms with Crippen molar-refractivity contribution < 1.29 is 14.3 Å². The number of nitrogens with one attached hydrogen (secondary N) is 1. The molecular weight excluding hydrogens is 476 g/mol. The number of hydrogen-bond donors (Lipinski definition) is 1. The molecule has 1 aliphatic rings. The lowest BCUT2D eigenvalue weighted by atomic mass is 10.1. The molecule has 38 heavy (non-hydrogen) atoms. The minimum atomic E-state index is -0.425. The number of benzene rings is 3. The maximum atomic E-state index is 12.8. The van der Waals surface area contributed by atoms with E-state index in [4.69, 9.17) is 14.6 Å². The smallest absolute Gasteiger partial charge is 0.262 e. The SMILES string of the molecule is N#C/C(=C\c1cn(-c2ccccc2)nc1-c1ccc(OCc2ccccc2)cc1)C(=O)NC[C@H]1CCCO1. The third kappa shape index (κ3) is 6.17. The van der Waals surface area contributed by atoms with Crippen LogP contribution >= 0.6 is 0 Å². The van der Waals surface area contributed by atoms with Crippen molar-refractivity contribution in [2.24, 2.45) is 0 Å². The van der Waals surface area contributed by atoms with Crippen LogP contribution in [0.25, 0.3) is 23.0 Å². The van der Waals surface area contributed by atoms with Crippen molar-refractivity contribution in [3.63, 3.8) is 0 Å². The van der Waals surface area contributed by atoms with E-state index in [1.165, 1.54) is 0 Å². The fourth-order valence-corrected chi connectivity index (χ4v) is 4.29. The van der Waals surface area contributed by atoms with E-state index in [0.29, 0.717) is 31.0 Å². The molecular formula is C31H28N4O3. The molecule has 4 aromatic rings. The first-order valence-corrected chi connectivity index (χ1v) is 12.6. The lowest BCUT2D eigenvalue weighted by Gasteiger charge is -2.10. The summed E-state index contributed by atoms with van der Waals surface area (Å²) >= 11 is 0. The second-order valence-electron chi connectivity index (χ2n) is 9.03. The van der Waals surface area contributed by atoms with Gasteiger partial charge in [0.2, 0.25) is 0 Å². The Hall–Kier alpha value is -4.67. The van der Waals surface area contributed by atoms with Gasteiger partial charge in [-0.3, -0.25) is 4.79 Å². The zero-order valence-corrected chi connectivity index (χ0v) is 20.9. The normalized spacial score (nSPS) is 15.1. The van der Waals surface area contributed by atoms with E-state index in [-0.39, 0.29) is 11.7 Å². The summed E-state index contributed by atoms with van der Waals surface area (Å²) in [4.78, 5) is 12.8. The van der Waals surface area contributed by atoms with Crippen molar-refractivity contribution >= 4 is 12.0 Å². The van der Waals surface area contributed by atoms with Gasteiger partial charge in [-0.25, -0.2) is 4.68 Å². The number of nitriles is 1. The van der Waals surface area contributed by atoms with Gasteiger partial charge in [-0.15, -0.1) is 0 Å². The second kappa shape index (κ2) is 12.0. The van der Waals surface area contributed by atoms with Gasteiger partial charge in [-0.2, -0.15) is 10.4 Å². The van der Waals surface area contributed by atoms with Crippen LogP contribution in [0.2, 0.25) is 0 Å². The molecule has 0 unspecified atom stereocenters. The summed E-state index contributed by atoms with van der Waals surface area (Å²) in [7, 11) is 0. The molecule has 0 aliphatic carbocycles. The van der Waals surface area contributed by atoms with Crippen molar-refractivity contribution in [1.29, 1.82) is 5.26 Å². The largest absolute Gasteiger partial charge is 0.489 e. The van der Waals surface area contributed by atoms with Gasteiger partial charge >= 0.3 is 0 Å². The summed E-state index contributed by atoms with van der Waals surface area (Å²) in [5.41, 5.74) is 4.14. The van der Waals surface area contributed by atoms with Gasteiger partial charge in [-0.1, -0.05) is 48.5 Å². The van der Waals surface area contributed by atoms with Crippen LogP contribution < -0.4 is 10.1 Å². The van der Waals surface area contributed by atoms with Gasteiger partial charge in [0.25, 0.3) is 5.91 Å². The highest BCUT2D eigenvalue weighted by Crippen LogP contribution is 2.28. The highest BCUT2D eigenvalue weighted by atomic mass is 16.5. The average Bonchev–Trinajstić information content (AvgIpc) is 3.65. The lowest BCUT2D eigenvalue weighted by molar-refractivity contribution is -0.117. The minimum Gasteiger partial charge on any atom is -0.489 e. The van der Waals surface area contributed by atoms with Crippen molar-refractivity contribution in [1.82, 2.24) is 15.1 Å². The number of nitrogens with zero attached hydrogens (tertiary/aromatic N) is 3. The number of rotatable bonds is 9. The Morgan fingerprint density at radius 1 is 1.08 bits per heavy atom. The molecule has 0 saturated carbocycles. The van der Waals surface area contributed by atoms with Crippen molar-refractivity contribution in [3.8, 4) is 28.8 Å². The van der Waals surface area contributed by atoms with E-state index in [2.05, 4.69) is 5.32 Å². The third-order valence-electron chi connectivity index (χ3n) is 6.32. The summed E-state index contributed by atoms with van der Waals surface area (Å²) in [5, 5.41) is 17.4. The number of carbonyl (C=O) groups excluding carboxylic acids is 1. The Balaban J connectivity index is 1.40. The van der Waals surface area contributed by atoms with E-state index in [1.807, 2.05) is 97.2 Å². The van der Waals surface area contributed by atoms with Gasteiger partial charge in [-0.05, 0) is 60.9 Å². The summed E-state index contributed by atoms with van der Waals surface area (Å²) in [6, 6.07) is 29.4. The Morgan fingerprint density at radius 3 is 2.50 bits per heavy atom. The fourth-order valence-electron chi connectivity index (χ4n) is 4.29. The standard InChI is InChI=1S/C31H28N4O3/c32-19-25(31(36)33-20-29-12-7-17-37-29)18-26-21-35(27-10-5-2-6-11-27)34-30(26)24-13-15-28(16-14-24)38-22-23-8-3-1-4-9-23/h1-6,8-11,13-16,18,21,29H,7,12,17,20,22H2,(H,33,36)/b25-18+/t29-/m1/s1. The topological polar surface area (TPSA) is 89.2 Å². The maximum absolute atomic E-state index is 12.8. The zero-order chi connectivity index (χ0) is 26.2. The number of aromatic nitrogens is 2. The monoisotopic (exact) mass is 504 g/mol. The molecule has 1 fully saturated rings. The molecule has 1 aliphatic heterocycles. The molecule has 1 saturated heterocycles. The summed E-state index contributed by atoms with van der Waals surface area (Å²) in [6.07, 6.45) is 5.31. The lowest BCUT2D eigenvalue weighted by Crippen LogP contribution is -2.32. The van der Waals surface area contributed by atoms with Crippen LogP contribution in [0.5, 0.6) is 5.75 Å². The van der Waals surface area contributed by atoms with Gasteiger partial charge in [0.05, 0.1) is 17.5 Å². The number of hydrogen-bond acceptors (Lipinski definition) is 5. The molecule has 0 radical (unpaired) electrons. The molecule has 1 aromatic heterocycles.